The van der Waals surface area contributed by atoms with E-state index < -0.39 is 0 Å². The van der Waals surface area contributed by atoms with Gasteiger partial charge in [0, 0.05) is 31.2 Å². The summed E-state index contributed by atoms with van der Waals surface area (Å²) in [6.45, 7) is 0.190. The molecule has 0 bridgehead atoms. The van der Waals surface area contributed by atoms with E-state index in [1.165, 1.54) is 26.7 Å². The fraction of sp³-hybridized carbons (Fsp3) is 0.294. The Bertz CT molecular complexity index is 1030. The maximum atomic E-state index is 12.5. The number of amides is 1. The Balaban J connectivity index is 1.79. The number of ether oxygens (including phenoxy) is 1. The molecule has 26 heavy (non-hydrogen) atoms. The predicted molar refractivity (Wildman–Crippen MR) is 97.2 cm³/mol. The molecule has 0 atom stereocenters. The minimum atomic E-state index is -0.301. The molecule has 0 spiro atoms. The van der Waals surface area contributed by atoms with Crippen LogP contribution in [-0.4, -0.2) is 44.3 Å². The summed E-state index contributed by atoms with van der Waals surface area (Å²) in [5.41, 5.74) is 0.963. The summed E-state index contributed by atoms with van der Waals surface area (Å²) in [5, 5.41) is 4.95. The molecule has 2 heterocycles. The normalized spacial score (nSPS) is 10.9. The first-order valence-electron chi connectivity index (χ1n) is 7.84. The summed E-state index contributed by atoms with van der Waals surface area (Å²) in [5.74, 6) is 0.406. The summed E-state index contributed by atoms with van der Waals surface area (Å²) in [6.07, 6.45) is 2.81. The number of carbonyl (C=O) groups is 1. The molecule has 0 saturated heterocycles. The van der Waals surface area contributed by atoms with Crippen molar-refractivity contribution in [1.29, 1.82) is 0 Å². The van der Waals surface area contributed by atoms with E-state index in [2.05, 4.69) is 10.1 Å². The van der Waals surface area contributed by atoms with Gasteiger partial charge in [-0.15, -0.1) is 0 Å². The molecule has 0 aliphatic heterocycles. The number of halogens is 1. The second kappa shape index (κ2) is 7.17. The van der Waals surface area contributed by atoms with E-state index in [-0.39, 0.29) is 18.0 Å². The number of aromatic nitrogens is 4. The van der Waals surface area contributed by atoms with Crippen LogP contribution in [0, 0.1) is 0 Å². The first-order valence-corrected chi connectivity index (χ1v) is 8.22. The molecule has 3 aromatic rings. The van der Waals surface area contributed by atoms with Crippen molar-refractivity contribution < 1.29 is 9.53 Å². The minimum Gasteiger partial charge on any atom is -0.496 e. The lowest BCUT2D eigenvalue weighted by atomic mass is 10.2. The molecule has 2 aromatic heterocycles. The minimum absolute atomic E-state index is 0.115. The molecule has 0 N–H and O–H groups in total. The van der Waals surface area contributed by atoms with Crippen LogP contribution in [0.25, 0.3) is 11.0 Å². The SMILES string of the molecule is COc1ccc(Cl)cc1CN(C)C(=O)Cn1cnc2c(cnn2C)c1=O. The summed E-state index contributed by atoms with van der Waals surface area (Å²) >= 11 is 6.02. The van der Waals surface area contributed by atoms with Gasteiger partial charge in [0.25, 0.3) is 5.56 Å². The molecule has 8 nitrogen and oxygen atoms in total. The van der Waals surface area contributed by atoms with Gasteiger partial charge in [-0.05, 0) is 18.2 Å². The van der Waals surface area contributed by atoms with E-state index in [1.54, 1.807) is 39.4 Å². The quantitative estimate of drug-likeness (QED) is 0.674. The average Bonchev–Trinajstić information content (AvgIpc) is 2.99. The van der Waals surface area contributed by atoms with Crippen LogP contribution in [0.2, 0.25) is 5.02 Å². The lowest BCUT2D eigenvalue weighted by Crippen LogP contribution is -2.33. The maximum absolute atomic E-state index is 12.5. The van der Waals surface area contributed by atoms with Crippen molar-refractivity contribution >= 4 is 28.5 Å². The Labute approximate surface area is 154 Å². The highest BCUT2D eigenvalue weighted by molar-refractivity contribution is 6.30. The summed E-state index contributed by atoms with van der Waals surface area (Å²) in [7, 11) is 4.92. The Morgan fingerprint density at radius 2 is 2.15 bits per heavy atom. The van der Waals surface area contributed by atoms with Crippen molar-refractivity contribution in [3.8, 4) is 5.75 Å². The molecule has 0 aliphatic rings. The summed E-state index contributed by atoms with van der Waals surface area (Å²) in [4.78, 5) is 30.7. The monoisotopic (exact) mass is 375 g/mol. The summed E-state index contributed by atoms with van der Waals surface area (Å²) < 4.78 is 8.09. The Kier molecular flexibility index (Phi) is 4.94. The zero-order chi connectivity index (χ0) is 18.8. The van der Waals surface area contributed by atoms with Crippen molar-refractivity contribution in [2.45, 2.75) is 13.1 Å². The van der Waals surface area contributed by atoms with E-state index in [1.807, 2.05) is 0 Å². The molecule has 136 valence electrons. The molecule has 0 saturated carbocycles. The van der Waals surface area contributed by atoms with Crippen molar-refractivity contribution in [3.63, 3.8) is 0 Å². The van der Waals surface area contributed by atoms with Gasteiger partial charge in [-0.2, -0.15) is 5.10 Å². The third-order valence-electron chi connectivity index (χ3n) is 4.10. The van der Waals surface area contributed by atoms with Crippen molar-refractivity contribution in [2.24, 2.45) is 7.05 Å². The van der Waals surface area contributed by atoms with E-state index in [0.29, 0.717) is 28.4 Å². The molecule has 1 amide bonds. The van der Waals surface area contributed by atoms with Gasteiger partial charge in [0.15, 0.2) is 5.65 Å². The molecular formula is C17H18ClN5O3. The first kappa shape index (κ1) is 17.9. The Morgan fingerprint density at radius 1 is 1.38 bits per heavy atom. The number of methoxy groups -OCH3 is 1. The third-order valence-corrected chi connectivity index (χ3v) is 4.33. The standard InChI is InChI=1S/C17H18ClN5O3/c1-21(8-11-6-12(18)4-5-14(11)26-3)15(24)9-23-10-19-16-13(17(23)25)7-20-22(16)2/h4-7,10H,8-9H2,1-3H3. The van der Waals surface area contributed by atoms with Gasteiger partial charge in [0.05, 0.1) is 13.3 Å². The van der Waals surface area contributed by atoms with Gasteiger partial charge in [-0.25, -0.2) is 4.98 Å². The number of aryl methyl sites for hydroxylation is 1. The van der Waals surface area contributed by atoms with Gasteiger partial charge in [0.1, 0.15) is 24.0 Å². The number of rotatable bonds is 5. The fourth-order valence-corrected chi connectivity index (χ4v) is 2.85. The smallest absolute Gasteiger partial charge is 0.264 e. The van der Waals surface area contributed by atoms with Gasteiger partial charge in [0.2, 0.25) is 5.91 Å². The van der Waals surface area contributed by atoms with Crippen LogP contribution in [0.5, 0.6) is 5.75 Å². The van der Waals surface area contributed by atoms with Crippen LogP contribution in [0.15, 0.2) is 35.5 Å². The first-order chi connectivity index (χ1) is 12.4. The number of benzene rings is 1. The molecule has 0 fully saturated rings. The largest absolute Gasteiger partial charge is 0.496 e. The fourth-order valence-electron chi connectivity index (χ4n) is 2.66. The lowest BCUT2D eigenvalue weighted by molar-refractivity contribution is -0.131. The van der Waals surface area contributed by atoms with Gasteiger partial charge in [-0.1, -0.05) is 11.6 Å². The van der Waals surface area contributed by atoms with Crippen LogP contribution in [0.4, 0.5) is 0 Å². The molecule has 0 unspecified atom stereocenters. The molecule has 0 aliphatic carbocycles. The Hall–Kier alpha value is -2.87. The topological polar surface area (TPSA) is 82.2 Å². The highest BCUT2D eigenvalue weighted by Gasteiger charge is 2.15. The number of fused-ring (bicyclic) bond motifs is 1. The van der Waals surface area contributed by atoms with E-state index >= 15 is 0 Å². The number of nitrogens with zero attached hydrogens (tertiary/aromatic N) is 5. The zero-order valence-electron chi connectivity index (χ0n) is 14.6. The lowest BCUT2D eigenvalue weighted by Gasteiger charge is -2.19. The van der Waals surface area contributed by atoms with Crippen molar-refractivity contribution in [3.05, 3.63) is 51.7 Å². The predicted octanol–water partition coefficient (Wildman–Crippen LogP) is 1.45. The number of carbonyl (C=O) groups excluding carboxylic acids is 1. The second-order valence-electron chi connectivity index (χ2n) is 5.89. The highest BCUT2D eigenvalue weighted by atomic mass is 35.5. The highest BCUT2D eigenvalue weighted by Crippen LogP contribution is 2.23. The zero-order valence-corrected chi connectivity index (χ0v) is 15.4. The van der Waals surface area contributed by atoms with Crippen LogP contribution >= 0.6 is 11.6 Å². The summed E-state index contributed by atoms with van der Waals surface area (Å²) in [6, 6.07) is 5.22. The van der Waals surface area contributed by atoms with Crippen LogP contribution in [-0.2, 0) is 24.9 Å². The van der Waals surface area contributed by atoms with E-state index in [9.17, 15) is 9.59 Å². The molecular weight excluding hydrogens is 358 g/mol. The van der Waals surface area contributed by atoms with Crippen molar-refractivity contribution in [1.82, 2.24) is 24.2 Å². The van der Waals surface area contributed by atoms with Gasteiger partial charge < -0.3 is 9.64 Å². The van der Waals surface area contributed by atoms with Crippen LogP contribution < -0.4 is 10.3 Å². The van der Waals surface area contributed by atoms with Gasteiger partial charge in [-0.3, -0.25) is 18.8 Å². The van der Waals surface area contributed by atoms with Crippen LogP contribution in [0.1, 0.15) is 5.56 Å². The maximum Gasteiger partial charge on any atom is 0.264 e. The van der Waals surface area contributed by atoms with Crippen molar-refractivity contribution in [2.75, 3.05) is 14.2 Å². The number of hydrogen-bond acceptors (Lipinski definition) is 5. The molecule has 3 rings (SSSR count). The second-order valence-corrected chi connectivity index (χ2v) is 6.33. The number of likely N-dealkylation sites (N-methyl/N-ethyl adjacent to an activating group) is 1. The van der Waals surface area contributed by atoms with Gasteiger partial charge >= 0.3 is 0 Å². The average molecular weight is 376 g/mol. The molecule has 9 heteroatoms. The third kappa shape index (κ3) is 3.41. The molecule has 0 radical (unpaired) electrons. The molecule has 1 aromatic carbocycles. The number of hydrogen-bond donors (Lipinski definition) is 0. The Morgan fingerprint density at radius 3 is 2.88 bits per heavy atom. The van der Waals surface area contributed by atoms with Crippen LogP contribution in [0.3, 0.4) is 0 Å². The van der Waals surface area contributed by atoms with E-state index in [4.69, 9.17) is 16.3 Å². The van der Waals surface area contributed by atoms with E-state index in [0.717, 1.165) is 5.56 Å².